The number of carbonyl (C=O) groups excluding carboxylic acids is 1. The molecular formula is C21H22N2O4. The molecule has 1 amide bonds. The van der Waals surface area contributed by atoms with Crippen LogP contribution in [0.25, 0.3) is 0 Å². The number of benzene rings is 2. The van der Waals surface area contributed by atoms with Crippen LogP contribution in [0.1, 0.15) is 5.76 Å². The zero-order chi connectivity index (χ0) is 18.7. The van der Waals surface area contributed by atoms with Crippen LogP contribution in [0.3, 0.4) is 0 Å². The van der Waals surface area contributed by atoms with E-state index < -0.39 is 0 Å². The molecule has 1 heterocycles. The number of hydrogen-bond donors (Lipinski definition) is 2. The number of para-hydroxylation sites is 3. The van der Waals surface area contributed by atoms with Crippen molar-refractivity contribution in [1.29, 1.82) is 0 Å². The smallest absolute Gasteiger partial charge is 0.238 e. The molecule has 0 saturated heterocycles. The number of nitrogens with one attached hydrogen (secondary N) is 2. The number of carbonyl (C=O) groups is 1. The lowest BCUT2D eigenvalue weighted by Gasteiger charge is -2.13. The third kappa shape index (κ3) is 6.20. The number of furan rings is 1. The lowest BCUT2D eigenvalue weighted by molar-refractivity contribution is -0.115. The molecule has 3 rings (SSSR count). The Morgan fingerprint density at radius 2 is 1.67 bits per heavy atom. The maximum Gasteiger partial charge on any atom is 0.238 e. The van der Waals surface area contributed by atoms with Crippen LogP contribution in [0, 0.1) is 0 Å². The summed E-state index contributed by atoms with van der Waals surface area (Å²) in [5.41, 5.74) is 0.627. The van der Waals surface area contributed by atoms with Crippen molar-refractivity contribution in [2.75, 3.05) is 25.1 Å². The molecule has 0 aliphatic heterocycles. The predicted molar refractivity (Wildman–Crippen MR) is 103 cm³/mol. The van der Waals surface area contributed by atoms with Gasteiger partial charge in [-0.15, -0.1) is 0 Å². The van der Waals surface area contributed by atoms with Crippen molar-refractivity contribution >= 4 is 11.6 Å². The first kappa shape index (κ1) is 18.5. The van der Waals surface area contributed by atoms with Crippen LogP contribution in [0.4, 0.5) is 5.69 Å². The fraction of sp³-hybridized carbons (Fsp3) is 0.190. The summed E-state index contributed by atoms with van der Waals surface area (Å²) in [5, 5.41) is 5.88. The van der Waals surface area contributed by atoms with Gasteiger partial charge < -0.3 is 24.5 Å². The standard InChI is InChI=1S/C21H22N2O4/c24-21(16-22-15-18-9-6-12-25-18)23-19-10-4-5-11-20(19)27-14-13-26-17-7-2-1-3-8-17/h1-12,22H,13-16H2,(H,23,24). The van der Waals surface area contributed by atoms with Crippen LogP contribution >= 0.6 is 0 Å². The van der Waals surface area contributed by atoms with Crippen molar-refractivity contribution in [3.8, 4) is 11.5 Å². The Balaban J connectivity index is 1.43. The molecule has 6 nitrogen and oxygen atoms in total. The Hall–Kier alpha value is -3.25. The molecule has 0 aliphatic rings. The Morgan fingerprint density at radius 3 is 2.48 bits per heavy atom. The fourth-order valence-corrected chi connectivity index (χ4v) is 2.43. The molecule has 0 aliphatic carbocycles. The largest absolute Gasteiger partial charge is 0.490 e. The molecule has 27 heavy (non-hydrogen) atoms. The van der Waals surface area contributed by atoms with Gasteiger partial charge in [-0.25, -0.2) is 0 Å². The minimum Gasteiger partial charge on any atom is -0.490 e. The van der Waals surface area contributed by atoms with E-state index >= 15 is 0 Å². The van der Waals surface area contributed by atoms with Crippen LogP contribution in [0.15, 0.2) is 77.4 Å². The topological polar surface area (TPSA) is 72.7 Å². The van der Waals surface area contributed by atoms with E-state index in [-0.39, 0.29) is 12.5 Å². The van der Waals surface area contributed by atoms with Gasteiger partial charge >= 0.3 is 0 Å². The summed E-state index contributed by atoms with van der Waals surface area (Å²) in [7, 11) is 0. The zero-order valence-electron chi connectivity index (χ0n) is 14.9. The van der Waals surface area contributed by atoms with Crippen molar-refractivity contribution in [3.05, 3.63) is 78.8 Å². The van der Waals surface area contributed by atoms with Gasteiger partial charge in [0.15, 0.2) is 0 Å². The SMILES string of the molecule is O=C(CNCc1ccco1)Nc1ccccc1OCCOc1ccccc1. The number of hydrogen-bond acceptors (Lipinski definition) is 5. The maximum absolute atomic E-state index is 12.1. The number of anilines is 1. The normalized spacial score (nSPS) is 10.4. The molecule has 0 bridgehead atoms. The number of ether oxygens (including phenoxy) is 2. The summed E-state index contributed by atoms with van der Waals surface area (Å²) in [4.78, 5) is 12.1. The van der Waals surface area contributed by atoms with E-state index in [1.807, 2.05) is 60.7 Å². The van der Waals surface area contributed by atoms with Gasteiger partial charge in [-0.3, -0.25) is 4.79 Å². The molecule has 1 aromatic heterocycles. The Labute approximate surface area is 158 Å². The van der Waals surface area contributed by atoms with Gasteiger partial charge in [0.1, 0.15) is 30.5 Å². The minimum absolute atomic E-state index is 0.154. The number of rotatable bonds is 10. The molecule has 0 fully saturated rings. The highest BCUT2D eigenvalue weighted by atomic mass is 16.5. The van der Waals surface area contributed by atoms with Gasteiger partial charge in [0.25, 0.3) is 0 Å². The monoisotopic (exact) mass is 366 g/mol. The summed E-state index contributed by atoms with van der Waals surface area (Å²) in [5.74, 6) is 2.03. The molecule has 140 valence electrons. The van der Waals surface area contributed by atoms with E-state index in [1.54, 1.807) is 12.3 Å². The highest BCUT2D eigenvalue weighted by Gasteiger charge is 2.08. The lowest BCUT2D eigenvalue weighted by Crippen LogP contribution is -2.27. The van der Waals surface area contributed by atoms with Crippen molar-refractivity contribution in [2.45, 2.75) is 6.54 Å². The van der Waals surface area contributed by atoms with Gasteiger partial charge in [-0.05, 0) is 36.4 Å². The molecule has 0 unspecified atom stereocenters. The van der Waals surface area contributed by atoms with Crippen molar-refractivity contribution < 1.29 is 18.7 Å². The average molecular weight is 366 g/mol. The van der Waals surface area contributed by atoms with Crippen LogP contribution in [0.5, 0.6) is 11.5 Å². The van der Waals surface area contributed by atoms with E-state index in [4.69, 9.17) is 13.9 Å². The minimum atomic E-state index is -0.154. The second-order valence-electron chi connectivity index (χ2n) is 5.74. The molecule has 2 N–H and O–H groups in total. The quantitative estimate of drug-likeness (QED) is 0.538. The molecule has 3 aromatic rings. The lowest BCUT2D eigenvalue weighted by atomic mass is 10.3. The van der Waals surface area contributed by atoms with Crippen LogP contribution in [-0.4, -0.2) is 25.7 Å². The second kappa shape index (κ2) is 10.0. The molecule has 2 aromatic carbocycles. The third-order valence-electron chi connectivity index (χ3n) is 3.68. The summed E-state index contributed by atoms with van der Waals surface area (Å²) >= 11 is 0. The summed E-state index contributed by atoms with van der Waals surface area (Å²) < 4.78 is 16.6. The summed E-state index contributed by atoms with van der Waals surface area (Å²) in [6.07, 6.45) is 1.60. The first-order chi connectivity index (χ1) is 13.3. The van der Waals surface area contributed by atoms with Gasteiger partial charge in [0.2, 0.25) is 5.91 Å². The number of amides is 1. The first-order valence-electron chi connectivity index (χ1n) is 8.74. The van der Waals surface area contributed by atoms with E-state index in [0.717, 1.165) is 11.5 Å². The predicted octanol–water partition coefficient (Wildman–Crippen LogP) is 3.47. The Kier molecular flexibility index (Phi) is 6.89. The van der Waals surface area contributed by atoms with E-state index in [1.165, 1.54) is 0 Å². The molecular weight excluding hydrogens is 344 g/mol. The average Bonchev–Trinajstić information content (AvgIpc) is 3.21. The van der Waals surface area contributed by atoms with E-state index in [9.17, 15) is 4.79 Å². The van der Waals surface area contributed by atoms with Crippen LogP contribution < -0.4 is 20.1 Å². The summed E-state index contributed by atoms with van der Waals surface area (Å²) in [6.45, 7) is 1.46. The molecule has 0 radical (unpaired) electrons. The molecule has 0 saturated carbocycles. The molecule has 6 heteroatoms. The van der Waals surface area contributed by atoms with Crippen LogP contribution in [-0.2, 0) is 11.3 Å². The van der Waals surface area contributed by atoms with Crippen molar-refractivity contribution in [1.82, 2.24) is 5.32 Å². The molecule has 0 spiro atoms. The highest BCUT2D eigenvalue weighted by Crippen LogP contribution is 2.23. The Bertz CT molecular complexity index is 819. The van der Waals surface area contributed by atoms with Gasteiger partial charge in [-0.2, -0.15) is 0 Å². The van der Waals surface area contributed by atoms with Gasteiger partial charge in [-0.1, -0.05) is 30.3 Å². The van der Waals surface area contributed by atoms with Crippen LogP contribution in [0.2, 0.25) is 0 Å². The zero-order valence-corrected chi connectivity index (χ0v) is 14.9. The van der Waals surface area contributed by atoms with E-state index in [2.05, 4.69) is 10.6 Å². The van der Waals surface area contributed by atoms with Crippen molar-refractivity contribution in [3.63, 3.8) is 0 Å². The third-order valence-corrected chi connectivity index (χ3v) is 3.68. The van der Waals surface area contributed by atoms with E-state index in [0.29, 0.717) is 31.2 Å². The fourth-order valence-electron chi connectivity index (χ4n) is 2.43. The maximum atomic E-state index is 12.1. The van der Waals surface area contributed by atoms with Crippen molar-refractivity contribution in [2.24, 2.45) is 0 Å². The second-order valence-corrected chi connectivity index (χ2v) is 5.74. The highest BCUT2D eigenvalue weighted by molar-refractivity contribution is 5.93. The molecule has 0 atom stereocenters. The first-order valence-corrected chi connectivity index (χ1v) is 8.74. The van der Waals surface area contributed by atoms with Gasteiger partial charge in [0, 0.05) is 0 Å². The Morgan fingerprint density at radius 1 is 0.889 bits per heavy atom. The van der Waals surface area contributed by atoms with Gasteiger partial charge in [0.05, 0.1) is 25.0 Å². The summed E-state index contributed by atoms with van der Waals surface area (Å²) in [6, 6.07) is 20.5.